The Balaban J connectivity index is 1.61. The smallest absolute Gasteiger partial charge is 0.255 e. The highest BCUT2D eigenvalue weighted by molar-refractivity contribution is 5.86. The van der Waals surface area contributed by atoms with Crippen molar-refractivity contribution >= 4 is 5.91 Å². The molecule has 1 saturated heterocycles. The second-order valence-electron chi connectivity index (χ2n) is 7.62. The van der Waals surface area contributed by atoms with Crippen LogP contribution in [0.3, 0.4) is 0 Å². The van der Waals surface area contributed by atoms with Gasteiger partial charge in [0.25, 0.3) is 5.91 Å². The van der Waals surface area contributed by atoms with E-state index in [1.807, 2.05) is 35.9 Å². The number of carbonyl (C=O) groups is 1. The van der Waals surface area contributed by atoms with Crippen LogP contribution >= 0.6 is 0 Å². The van der Waals surface area contributed by atoms with Crippen LogP contribution in [0.2, 0.25) is 0 Å². The average Bonchev–Trinajstić information content (AvgIpc) is 2.49. The van der Waals surface area contributed by atoms with E-state index in [0.717, 1.165) is 30.8 Å². The Kier molecular flexibility index (Phi) is 5.21. The van der Waals surface area contributed by atoms with Gasteiger partial charge in [-0.2, -0.15) is 0 Å². The molecule has 1 aromatic rings. The van der Waals surface area contributed by atoms with Crippen LogP contribution < -0.4 is 0 Å². The van der Waals surface area contributed by atoms with Crippen LogP contribution in [0.15, 0.2) is 18.3 Å². The lowest BCUT2D eigenvalue weighted by Gasteiger charge is -2.42. The first kappa shape index (κ1) is 17.4. The van der Waals surface area contributed by atoms with E-state index in [2.05, 4.69) is 4.98 Å². The molecule has 1 amide bonds. The van der Waals surface area contributed by atoms with Gasteiger partial charge in [-0.15, -0.1) is 0 Å². The zero-order chi connectivity index (χ0) is 17.2. The van der Waals surface area contributed by atoms with E-state index in [1.165, 1.54) is 19.3 Å². The number of likely N-dealkylation sites (N-methyl/N-ethyl adjacent to an activating group) is 1. The molecular formula is C19H29N3O2. The first-order valence-corrected chi connectivity index (χ1v) is 9.09. The van der Waals surface area contributed by atoms with Crippen LogP contribution in [0, 0.1) is 12.8 Å². The Hall–Kier alpha value is -1.46. The Bertz CT molecular complexity index is 588. The lowest BCUT2D eigenvalue weighted by molar-refractivity contribution is -0.160. The molecule has 2 heterocycles. The molecule has 3 rings (SSSR count). The fraction of sp³-hybridized carbons (Fsp3) is 0.684. The summed E-state index contributed by atoms with van der Waals surface area (Å²) in [6.07, 6.45) is 6.95. The molecule has 5 heteroatoms. The third-order valence-corrected chi connectivity index (χ3v) is 5.48. The molecule has 1 aromatic heterocycles. The molecule has 0 aromatic carbocycles. The van der Waals surface area contributed by atoms with Crippen molar-refractivity contribution < 1.29 is 9.90 Å². The summed E-state index contributed by atoms with van der Waals surface area (Å²) in [5.41, 5.74) is 0.885. The Morgan fingerprint density at radius 3 is 2.88 bits per heavy atom. The van der Waals surface area contributed by atoms with Crippen molar-refractivity contribution in [1.29, 1.82) is 0 Å². The molecule has 0 radical (unpaired) electrons. The van der Waals surface area contributed by atoms with E-state index in [4.69, 9.17) is 0 Å². The van der Waals surface area contributed by atoms with Crippen LogP contribution in [0.25, 0.3) is 0 Å². The highest BCUT2D eigenvalue weighted by Crippen LogP contribution is 2.30. The van der Waals surface area contributed by atoms with Crippen LogP contribution in [-0.2, 0) is 11.3 Å². The van der Waals surface area contributed by atoms with Gasteiger partial charge < -0.3 is 10.0 Å². The first-order valence-electron chi connectivity index (χ1n) is 9.09. The predicted molar refractivity (Wildman–Crippen MR) is 93.4 cm³/mol. The minimum absolute atomic E-state index is 0.0785. The summed E-state index contributed by atoms with van der Waals surface area (Å²) in [6, 6.07) is 3.96. The average molecular weight is 331 g/mol. The van der Waals surface area contributed by atoms with Crippen molar-refractivity contribution in [2.45, 2.75) is 51.2 Å². The van der Waals surface area contributed by atoms with Gasteiger partial charge >= 0.3 is 0 Å². The highest BCUT2D eigenvalue weighted by atomic mass is 16.3. The van der Waals surface area contributed by atoms with Crippen LogP contribution in [0.1, 0.15) is 43.4 Å². The van der Waals surface area contributed by atoms with Crippen molar-refractivity contribution in [2.24, 2.45) is 5.92 Å². The summed E-state index contributed by atoms with van der Waals surface area (Å²) in [6.45, 7) is 4.66. The highest BCUT2D eigenvalue weighted by Gasteiger charge is 2.43. The van der Waals surface area contributed by atoms with E-state index >= 15 is 0 Å². The SMILES string of the molecule is Cc1cccnc1CN(C)C[C@@]1(O)CCCN(CC2CCC2)C1=O. The summed E-state index contributed by atoms with van der Waals surface area (Å²) >= 11 is 0. The molecule has 132 valence electrons. The van der Waals surface area contributed by atoms with Gasteiger partial charge in [0.2, 0.25) is 0 Å². The number of nitrogens with zero attached hydrogens (tertiary/aromatic N) is 3. The summed E-state index contributed by atoms with van der Waals surface area (Å²) < 4.78 is 0. The maximum absolute atomic E-state index is 12.8. The maximum atomic E-state index is 12.8. The number of aliphatic hydroxyl groups is 1. The standard InChI is InChI=1S/C19H29N3O2/c1-15-6-4-10-20-17(15)13-21(2)14-19(24)9-5-11-22(18(19)23)12-16-7-3-8-16/h4,6,10,16,24H,3,5,7-9,11-14H2,1-2H3/t19-/m0/s1. The van der Waals surface area contributed by atoms with Gasteiger partial charge in [-0.05, 0) is 57.2 Å². The molecule has 0 bridgehead atoms. The zero-order valence-electron chi connectivity index (χ0n) is 14.9. The molecular weight excluding hydrogens is 302 g/mol. The van der Waals surface area contributed by atoms with E-state index < -0.39 is 5.60 Å². The van der Waals surface area contributed by atoms with E-state index in [0.29, 0.717) is 25.4 Å². The predicted octanol–water partition coefficient (Wildman–Crippen LogP) is 1.98. The molecule has 1 saturated carbocycles. The van der Waals surface area contributed by atoms with Crippen LogP contribution in [0.5, 0.6) is 0 Å². The third-order valence-electron chi connectivity index (χ3n) is 5.48. The second-order valence-corrected chi connectivity index (χ2v) is 7.62. The van der Waals surface area contributed by atoms with Crippen molar-refractivity contribution in [3.8, 4) is 0 Å². The minimum Gasteiger partial charge on any atom is -0.379 e. The van der Waals surface area contributed by atoms with E-state index in [1.54, 1.807) is 6.20 Å². The minimum atomic E-state index is -1.25. The Morgan fingerprint density at radius 2 is 2.21 bits per heavy atom. The summed E-state index contributed by atoms with van der Waals surface area (Å²) in [5.74, 6) is 0.565. The van der Waals surface area contributed by atoms with E-state index in [-0.39, 0.29) is 5.91 Å². The quantitative estimate of drug-likeness (QED) is 0.866. The topological polar surface area (TPSA) is 56.7 Å². The first-order chi connectivity index (χ1) is 11.5. The van der Waals surface area contributed by atoms with Crippen LogP contribution in [0.4, 0.5) is 0 Å². The number of likely N-dealkylation sites (tertiary alicyclic amines) is 1. The number of aryl methyl sites for hydroxylation is 1. The van der Waals surface area contributed by atoms with E-state index in [9.17, 15) is 9.90 Å². The number of piperidine rings is 1. The summed E-state index contributed by atoms with van der Waals surface area (Å²) in [5, 5.41) is 11.0. The summed E-state index contributed by atoms with van der Waals surface area (Å²) in [7, 11) is 1.95. The number of carbonyl (C=O) groups excluding carboxylic acids is 1. The monoisotopic (exact) mass is 331 g/mol. The van der Waals surface area contributed by atoms with Crippen molar-refractivity contribution in [1.82, 2.24) is 14.8 Å². The molecule has 0 unspecified atom stereocenters. The molecule has 5 nitrogen and oxygen atoms in total. The van der Waals surface area contributed by atoms with Gasteiger partial charge in [-0.25, -0.2) is 0 Å². The van der Waals surface area contributed by atoms with Gasteiger partial charge in [0.05, 0.1) is 5.69 Å². The number of amides is 1. The second kappa shape index (κ2) is 7.19. The normalized spacial score (nSPS) is 25.2. The van der Waals surface area contributed by atoms with Crippen molar-refractivity contribution in [3.05, 3.63) is 29.6 Å². The van der Waals surface area contributed by atoms with Gasteiger partial charge in [0, 0.05) is 32.4 Å². The molecule has 2 aliphatic rings. The zero-order valence-corrected chi connectivity index (χ0v) is 14.9. The molecule has 2 fully saturated rings. The molecule has 1 aliphatic heterocycles. The Morgan fingerprint density at radius 1 is 1.42 bits per heavy atom. The molecule has 1 N–H and O–H groups in total. The number of aromatic nitrogens is 1. The van der Waals surface area contributed by atoms with Gasteiger partial charge in [-0.1, -0.05) is 12.5 Å². The maximum Gasteiger partial charge on any atom is 0.255 e. The van der Waals surface area contributed by atoms with Crippen molar-refractivity contribution in [2.75, 3.05) is 26.7 Å². The number of hydrogen-bond donors (Lipinski definition) is 1. The lowest BCUT2D eigenvalue weighted by atomic mass is 9.83. The van der Waals surface area contributed by atoms with Gasteiger partial charge in [0.15, 0.2) is 5.60 Å². The number of pyridine rings is 1. The van der Waals surface area contributed by atoms with Crippen molar-refractivity contribution in [3.63, 3.8) is 0 Å². The molecule has 1 atom stereocenters. The molecule has 24 heavy (non-hydrogen) atoms. The van der Waals surface area contributed by atoms with Gasteiger partial charge in [-0.3, -0.25) is 14.7 Å². The largest absolute Gasteiger partial charge is 0.379 e. The fourth-order valence-electron chi connectivity index (χ4n) is 3.82. The number of hydrogen-bond acceptors (Lipinski definition) is 4. The fourth-order valence-corrected chi connectivity index (χ4v) is 3.82. The summed E-state index contributed by atoms with van der Waals surface area (Å²) in [4.78, 5) is 21.1. The molecule has 1 aliphatic carbocycles. The Labute approximate surface area is 144 Å². The number of rotatable bonds is 6. The lowest BCUT2D eigenvalue weighted by Crippen LogP contribution is -2.59. The third kappa shape index (κ3) is 3.78. The van der Waals surface area contributed by atoms with Gasteiger partial charge in [0.1, 0.15) is 0 Å². The molecule has 0 spiro atoms. The van der Waals surface area contributed by atoms with Crippen LogP contribution in [-0.4, -0.2) is 58.1 Å².